The second kappa shape index (κ2) is 9.17. The third-order valence-electron chi connectivity index (χ3n) is 4.06. The maximum absolute atomic E-state index is 12.4. The Bertz CT molecular complexity index is 954. The van der Waals surface area contributed by atoms with Crippen LogP contribution in [0.3, 0.4) is 0 Å². The topological polar surface area (TPSA) is 84.2 Å². The van der Waals surface area contributed by atoms with E-state index in [2.05, 4.69) is 15.6 Å². The van der Waals surface area contributed by atoms with Crippen molar-refractivity contribution in [2.24, 2.45) is 0 Å². The van der Waals surface area contributed by atoms with Gasteiger partial charge in [-0.1, -0.05) is 72.4 Å². The van der Waals surface area contributed by atoms with Crippen LogP contribution < -0.4 is 10.6 Å². The summed E-state index contributed by atoms with van der Waals surface area (Å²) in [5.41, 5.74) is 2.10. The van der Waals surface area contributed by atoms with Crippen LogP contribution in [0.2, 0.25) is 0 Å². The highest BCUT2D eigenvalue weighted by atomic mass is 32.2. The van der Waals surface area contributed by atoms with E-state index >= 15 is 0 Å². The number of aromatic nitrogens is 1. The standard InChI is InChI=1S/C23H25N3O3S/c1-15(20(27)25-21(28)26-23(2,3)4)30-22-24-18(16-11-7-5-8-12-16)19(29-22)17-13-9-6-10-14-17/h5-15H,1-4H3,(H2,25,26,27,28)/t15-/m0/s1. The molecule has 0 saturated heterocycles. The van der Waals surface area contributed by atoms with Gasteiger partial charge in [0.15, 0.2) is 5.76 Å². The molecule has 0 aliphatic heterocycles. The minimum absolute atomic E-state index is 0.367. The third-order valence-corrected chi connectivity index (χ3v) is 5.01. The molecule has 3 amide bonds. The highest BCUT2D eigenvalue weighted by Gasteiger charge is 2.24. The summed E-state index contributed by atoms with van der Waals surface area (Å²) >= 11 is 1.17. The highest BCUT2D eigenvalue weighted by Crippen LogP contribution is 2.36. The van der Waals surface area contributed by atoms with Crippen molar-refractivity contribution in [1.82, 2.24) is 15.6 Å². The SMILES string of the molecule is C[C@H](Sc1nc(-c2ccccc2)c(-c2ccccc2)o1)C(=O)NC(=O)NC(C)(C)C. The molecular weight excluding hydrogens is 398 g/mol. The molecule has 7 heteroatoms. The number of carbonyl (C=O) groups excluding carboxylic acids is 2. The van der Waals surface area contributed by atoms with Crippen molar-refractivity contribution in [3.63, 3.8) is 0 Å². The van der Waals surface area contributed by atoms with E-state index in [9.17, 15) is 9.59 Å². The Morgan fingerprint density at radius 1 is 0.967 bits per heavy atom. The highest BCUT2D eigenvalue weighted by molar-refractivity contribution is 8.00. The van der Waals surface area contributed by atoms with Gasteiger partial charge in [-0.05, 0) is 27.7 Å². The lowest BCUT2D eigenvalue weighted by atomic mass is 10.1. The van der Waals surface area contributed by atoms with E-state index < -0.39 is 22.7 Å². The zero-order valence-electron chi connectivity index (χ0n) is 17.4. The summed E-state index contributed by atoms with van der Waals surface area (Å²) in [7, 11) is 0. The lowest BCUT2D eigenvalue weighted by Crippen LogP contribution is -2.49. The van der Waals surface area contributed by atoms with Crippen molar-refractivity contribution >= 4 is 23.7 Å². The van der Waals surface area contributed by atoms with E-state index in [4.69, 9.17) is 4.42 Å². The van der Waals surface area contributed by atoms with Gasteiger partial charge in [0.1, 0.15) is 5.69 Å². The smallest absolute Gasteiger partial charge is 0.321 e. The number of imide groups is 1. The van der Waals surface area contributed by atoms with Gasteiger partial charge in [0.05, 0.1) is 5.25 Å². The van der Waals surface area contributed by atoms with Gasteiger partial charge in [0.25, 0.3) is 5.22 Å². The zero-order chi connectivity index (χ0) is 21.7. The molecule has 0 fully saturated rings. The van der Waals surface area contributed by atoms with E-state index in [-0.39, 0.29) is 0 Å². The summed E-state index contributed by atoms with van der Waals surface area (Å²) in [6.45, 7) is 7.24. The molecule has 3 rings (SSSR count). The fraction of sp³-hybridized carbons (Fsp3) is 0.261. The second-order valence-electron chi connectivity index (χ2n) is 7.84. The van der Waals surface area contributed by atoms with Crippen molar-refractivity contribution < 1.29 is 14.0 Å². The van der Waals surface area contributed by atoms with Crippen molar-refractivity contribution in [2.45, 2.75) is 43.7 Å². The first-order valence-electron chi connectivity index (χ1n) is 9.64. The number of hydrogen-bond donors (Lipinski definition) is 2. The summed E-state index contributed by atoms with van der Waals surface area (Å²) in [6, 6.07) is 18.9. The largest absolute Gasteiger partial charge is 0.431 e. The van der Waals surface area contributed by atoms with Crippen molar-refractivity contribution in [1.29, 1.82) is 0 Å². The maximum atomic E-state index is 12.4. The second-order valence-corrected chi connectivity index (χ2v) is 9.14. The number of nitrogens with one attached hydrogen (secondary N) is 2. The first kappa shape index (κ1) is 21.6. The zero-order valence-corrected chi connectivity index (χ0v) is 18.2. The molecule has 1 heterocycles. The Balaban J connectivity index is 1.80. The number of oxazole rings is 1. The predicted molar refractivity (Wildman–Crippen MR) is 119 cm³/mol. The van der Waals surface area contributed by atoms with Crippen molar-refractivity contribution in [2.75, 3.05) is 0 Å². The lowest BCUT2D eigenvalue weighted by molar-refractivity contribution is -0.119. The Hall–Kier alpha value is -3.06. The van der Waals surface area contributed by atoms with Crippen molar-refractivity contribution in [3.8, 4) is 22.6 Å². The first-order valence-corrected chi connectivity index (χ1v) is 10.5. The van der Waals surface area contributed by atoms with Gasteiger partial charge in [-0.3, -0.25) is 10.1 Å². The Labute approximate surface area is 180 Å². The Morgan fingerprint density at radius 3 is 2.10 bits per heavy atom. The number of urea groups is 1. The van der Waals surface area contributed by atoms with Crippen LogP contribution in [0.4, 0.5) is 4.79 Å². The van der Waals surface area contributed by atoms with Gasteiger partial charge in [0, 0.05) is 16.7 Å². The molecule has 0 bridgehead atoms. The molecule has 0 saturated carbocycles. The van der Waals surface area contributed by atoms with Crippen LogP contribution in [0.5, 0.6) is 0 Å². The van der Waals surface area contributed by atoms with E-state index in [1.165, 1.54) is 11.8 Å². The van der Waals surface area contributed by atoms with Crippen LogP contribution in [0, 0.1) is 0 Å². The van der Waals surface area contributed by atoms with Gasteiger partial charge in [-0.15, -0.1) is 0 Å². The molecule has 0 aliphatic rings. The van der Waals surface area contributed by atoms with Crippen LogP contribution in [0.15, 0.2) is 70.3 Å². The van der Waals surface area contributed by atoms with Gasteiger partial charge in [-0.25, -0.2) is 9.78 Å². The third kappa shape index (κ3) is 5.73. The first-order chi connectivity index (χ1) is 14.2. The van der Waals surface area contributed by atoms with Gasteiger partial charge >= 0.3 is 6.03 Å². The number of nitrogens with zero attached hydrogens (tertiary/aromatic N) is 1. The fourth-order valence-electron chi connectivity index (χ4n) is 2.72. The minimum atomic E-state index is -0.568. The van der Waals surface area contributed by atoms with E-state index in [1.807, 2.05) is 81.4 Å². The molecule has 0 aliphatic carbocycles. The number of hydrogen-bond acceptors (Lipinski definition) is 5. The number of thioether (sulfide) groups is 1. The number of carbonyl (C=O) groups is 2. The molecule has 2 N–H and O–H groups in total. The molecule has 156 valence electrons. The predicted octanol–water partition coefficient (Wildman–Crippen LogP) is 5.11. The molecule has 6 nitrogen and oxygen atoms in total. The average Bonchev–Trinajstić information content (AvgIpc) is 3.11. The Morgan fingerprint density at radius 2 is 1.53 bits per heavy atom. The number of rotatable bonds is 5. The van der Waals surface area contributed by atoms with Gasteiger partial charge in [-0.2, -0.15) is 0 Å². The van der Waals surface area contributed by atoms with Crippen molar-refractivity contribution in [3.05, 3.63) is 60.7 Å². The lowest BCUT2D eigenvalue weighted by Gasteiger charge is -2.20. The molecule has 30 heavy (non-hydrogen) atoms. The molecule has 1 aromatic heterocycles. The van der Waals surface area contributed by atoms with Crippen LogP contribution in [0.1, 0.15) is 27.7 Å². The van der Waals surface area contributed by atoms with Crippen LogP contribution in [-0.4, -0.2) is 27.7 Å². The van der Waals surface area contributed by atoms with Crippen LogP contribution in [0.25, 0.3) is 22.6 Å². The minimum Gasteiger partial charge on any atom is -0.431 e. The number of amides is 3. The fourth-order valence-corrected chi connectivity index (χ4v) is 3.46. The normalized spacial score (nSPS) is 12.3. The Kier molecular flexibility index (Phi) is 6.62. The van der Waals surface area contributed by atoms with E-state index in [0.29, 0.717) is 16.7 Å². The molecule has 2 aromatic carbocycles. The quantitative estimate of drug-likeness (QED) is 0.557. The molecule has 0 unspecified atom stereocenters. The summed E-state index contributed by atoms with van der Waals surface area (Å²) in [6.07, 6.45) is 0. The molecular formula is C23H25N3O3S. The van der Waals surface area contributed by atoms with Gasteiger partial charge < -0.3 is 9.73 Å². The van der Waals surface area contributed by atoms with Crippen LogP contribution >= 0.6 is 11.8 Å². The number of benzene rings is 2. The summed E-state index contributed by atoms with van der Waals surface area (Å²) in [4.78, 5) is 29.0. The summed E-state index contributed by atoms with van der Waals surface area (Å²) in [5.74, 6) is 0.227. The maximum Gasteiger partial charge on any atom is 0.321 e. The summed E-state index contributed by atoms with van der Waals surface area (Å²) in [5, 5.41) is 4.87. The molecule has 1 atom stereocenters. The van der Waals surface area contributed by atoms with Crippen LogP contribution in [-0.2, 0) is 4.79 Å². The molecule has 3 aromatic rings. The summed E-state index contributed by atoms with van der Waals surface area (Å²) < 4.78 is 6.03. The monoisotopic (exact) mass is 423 g/mol. The van der Waals surface area contributed by atoms with E-state index in [1.54, 1.807) is 6.92 Å². The van der Waals surface area contributed by atoms with E-state index in [0.717, 1.165) is 11.1 Å². The molecule has 0 spiro atoms. The average molecular weight is 424 g/mol. The molecule has 0 radical (unpaired) electrons. The van der Waals surface area contributed by atoms with Gasteiger partial charge in [0.2, 0.25) is 5.91 Å².